The van der Waals surface area contributed by atoms with E-state index in [9.17, 15) is 34.6 Å². The second-order valence-electron chi connectivity index (χ2n) is 6.10. The molecule has 1 aliphatic heterocycles. The van der Waals surface area contributed by atoms with Crippen LogP contribution in [0.4, 0.5) is 16.2 Å². The fraction of sp³-hybridized carbons (Fsp3) is 0.0556. The molecule has 0 saturated carbocycles. The number of imide groups is 2. The molecule has 1 heterocycles. The Bertz CT molecular complexity index is 1200. The molecule has 0 unspecified atom stereocenters. The van der Waals surface area contributed by atoms with Crippen molar-refractivity contribution in [3.05, 3.63) is 65.3 Å². The van der Waals surface area contributed by atoms with Gasteiger partial charge in [-0.2, -0.15) is 0 Å². The Hall–Kier alpha value is -4.08. The van der Waals surface area contributed by atoms with Crippen LogP contribution >= 0.6 is 22.6 Å². The summed E-state index contributed by atoms with van der Waals surface area (Å²) in [5, 5.41) is 26.2. The molecular formula is C18H11IN4O9. The van der Waals surface area contributed by atoms with Crippen molar-refractivity contribution in [2.24, 2.45) is 0 Å². The molecule has 2 aromatic carbocycles. The number of nitro benzene ring substituents is 2. The highest BCUT2D eigenvalue weighted by atomic mass is 127. The monoisotopic (exact) mass is 554 g/mol. The van der Waals surface area contributed by atoms with E-state index in [-0.39, 0.29) is 22.8 Å². The van der Waals surface area contributed by atoms with Crippen LogP contribution in [0, 0.1) is 23.8 Å². The zero-order valence-electron chi connectivity index (χ0n) is 15.9. The summed E-state index contributed by atoms with van der Waals surface area (Å²) in [5.41, 5.74) is -1.08. The van der Waals surface area contributed by atoms with Gasteiger partial charge in [0.05, 0.1) is 26.6 Å². The maximum absolute atomic E-state index is 11.9. The van der Waals surface area contributed by atoms with Crippen LogP contribution in [0.5, 0.6) is 17.2 Å². The van der Waals surface area contributed by atoms with Gasteiger partial charge in [0.1, 0.15) is 5.57 Å². The molecule has 0 atom stereocenters. The van der Waals surface area contributed by atoms with Crippen molar-refractivity contribution in [1.29, 1.82) is 0 Å². The Labute approximate surface area is 191 Å². The predicted molar refractivity (Wildman–Crippen MR) is 115 cm³/mol. The van der Waals surface area contributed by atoms with E-state index >= 15 is 0 Å². The van der Waals surface area contributed by atoms with Gasteiger partial charge in [0.15, 0.2) is 11.5 Å². The summed E-state index contributed by atoms with van der Waals surface area (Å²) < 4.78 is 11.3. The summed E-state index contributed by atoms with van der Waals surface area (Å²) >= 11 is 1.85. The predicted octanol–water partition coefficient (Wildman–Crippen LogP) is 2.66. The molecule has 1 aliphatic rings. The summed E-state index contributed by atoms with van der Waals surface area (Å²) in [6, 6.07) is 4.89. The van der Waals surface area contributed by atoms with Crippen LogP contribution in [0.2, 0.25) is 0 Å². The van der Waals surface area contributed by atoms with Crippen molar-refractivity contribution >= 4 is 57.9 Å². The summed E-state index contributed by atoms with van der Waals surface area (Å²) in [4.78, 5) is 55.7. The second-order valence-corrected chi connectivity index (χ2v) is 7.26. The number of nitrogens with one attached hydrogen (secondary N) is 2. The molecule has 4 amide bonds. The third kappa shape index (κ3) is 4.64. The van der Waals surface area contributed by atoms with Crippen molar-refractivity contribution in [3.8, 4) is 17.2 Å². The van der Waals surface area contributed by atoms with E-state index in [1.54, 1.807) is 0 Å². The van der Waals surface area contributed by atoms with E-state index in [0.717, 1.165) is 18.2 Å². The van der Waals surface area contributed by atoms with Gasteiger partial charge >= 0.3 is 11.7 Å². The van der Waals surface area contributed by atoms with Gasteiger partial charge in [-0.1, -0.05) is 0 Å². The van der Waals surface area contributed by atoms with Gasteiger partial charge in [-0.3, -0.25) is 40.5 Å². The largest absolute Gasteiger partial charge is 0.493 e. The van der Waals surface area contributed by atoms with Gasteiger partial charge in [-0.15, -0.1) is 0 Å². The number of barbiturate groups is 1. The van der Waals surface area contributed by atoms with E-state index in [0.29, 0.717) is 9.13 Å². The molecule has 14 heteroatoms. The molecule has 3 rings (SSSR count). The number of rotatable bonds is 6. The molecular weight excluding hydrogens is 543 g/mol. The zero-order valence-corrected chi connectivity index (χ0v) is 18.1. The van der Waals surface area contributed by atoms with Crippen molar-refractivity contribution < 1.29 is 33.7 Å². The molecule has 1 fully saturated rings. The zero-order chi connectivity index (χ0) is 23.6. The normalized spacial score (nSPS) is 13.2. The minimum atomic E-state index is -0.933. The Morgan fingerprint density at radius 2 is 1.62 bits per heavy atom. The number of hydrogen-bond acceptors (Lipinski definition) is 9. The molecule has 32 heavy (non-hydrogen) atoms. The molecule has 1 saturated heterocycles. The quantitative estimate of drug-likeness (QED) is 0.178. The third-order valence-corrected chi connectivity index (χ3v) is 4.87. The number of carbonyl (C=O) groups is 3. The van der Waals surface area contributed by atoms with Gasteiger partial charge in [0, 0.05) is 6.07 Å². The lowest BCUT2D eigenvalue weighted by atomic mass is 10.1. The summed E-state index contributed by atoms with van der Waals surface area (Å²) in [6.45, 7) is 0. The number of non-ortho nitro benzene ring substituents is 1. The number of benzene rings is 2. The Morgan fingerprint density at radius 1 is 0.969 bits per heavy atom. The van der Waals surface area contributed by atoms with Gasteiger partial charge in [-0.25, -0.2) is 4.79 Å². The number of carbonyl (C=O) groups excluding carboxylic acids is 3. The molecule has 0 spiro atoms. The fourth-order valence-corrected chi connectivity index (χ4v) is 3.39. The number of amides is 4. The van der Waals surface area contributed by atoms with E-state index in [4.69, 9.17) is 9.47 Å². The van der Waals surface area contributed by atoms with Crippen LogP contribution in [0.1, 0.15) is 5.56 Å². The van der Waals surface area contributed by atoms with Crippen LogP contribution in [0.25, 0.3) is 6.08 Å². The average Bonchev–Trinajstić information content (AvgIpc) is 2.72. The van der Waals surface area contributed by atoms with Crippen LogP contribution in [0.3, 0.4) is 0 Å². The first-order valence-corrected chi connectivity index (χ1v) is 9.55. The van der Waals surface area contributed by atoms with Gasteiger partial charge < -0.3 is 9.47 Å². The highest BCUT2D eigenvalue weighted by Crippen LogP contribution is 2.41. The summed E-state index contributed by atoms with van der Waals surface area (Å²) in [6.07, 6.45) is 1.22. The lowest BCUT2D eigenvalue weighted by Crippen LogP contribution is -2.51. The second kappa shape index (κ2) is 8.96. The Balaban J connectivity index is 2.02. The van der Waals surface area contributed by atoms with Crippen molar-refractivity contribution in [2.75, 3.05) is 7.11 Å². The molecule has 0 bridgehead atoms. The van der Waals surface area contributed by atoms with Crippen molar-refractivity contribution in [2.45, 2.75) is 0 Å². The summed E-state index contributed by atoms with van der Waals surface area (Å²) in [5.74, 6) is -1.85. The highest BCUT2D eigenvalue weighted by Gasteiger charge is 2.28. The number of methoxy groups -OCH3 is 1. The minimum absolute atomic E-state index is 0.0694. The smallest absolute Gasteiger partial charge is 0.328 e. The first-order chi connectivity index (χ1) is 15.1. The van der Waals surface area contributed by atoms with E-state index in [2.05, 4.69) is 0 Å². The third-order valence-electron chi connectivity index (χ3n) is 4.07. The molecule has 0 radical (unpaired) electrons. The highest BCUT2D eigenvalue weighted by molar-refractivity contribution is 14.1. The van der Waals surface area contributed by atoms with E-state index in [1.807, 2.05) is 33.2 Å². The number of hydrogen-bond donors (Lipinski definition) is 2. The lowest BCUT2D eigenvalue weighted by Gasteiger charge is -2.15. The number of nitrogens with zero attached hydrogens (tertiary/aromatic N) is 2. The molecule has 0 aromatic heterocycles. The van der Waals surface area contributed by atoms with Crippen LogP contribution in [-0.2, 0) is 9.59 Å². The van der Waals surface area contributed by atoms with E-state index in [1.165, 1.54) is 25.3 Å². The Kier molecular flexibility index (Phi) is 6.33. The average molecular weight is 554 g/mol. The molecule has 2 N–H and O–H groups in total. The number of urea groups is 1. The molecule has 2 aromatic rings. The topological polar surface area (TPSA) is 180 Å². The molecule has 164 valence electrons. The maximum atomic E-state index is 11.9. The van der Waals surface area contributed by atoms with Crippen molar-refractivity contribution in [3.63, 3.8) is 0 Å². The number of nitro groups is 2. The van der Waals surface area contributed by atoms with Gasteiger partial charge in [0.25, 0.3) is 17.5 Å². The van der Waals surface area contributed by atoms with Crippen molar-refractivity contribution in [1.82, 2.24) is 10.6 Å². The lowest BCUT2D eigenvalue weighted by molar-refractivity contribution is -0.394. The maximum Gasteiger partial charge on any atom is 0.328 e. The van der Waals surface area contributed by atoms with Crippen LogP contribution < -0.4 is 20.1 Å². The van der Waals surface area contributed by atoms with Gasteiger partial charge in [-0.05, 0) is 52.4 Å². The minimum Gasteiger partial charge on any atom is -0.493 e. The SMILES string of the molecule is COc1cc(C=C2C(=O)NC(=O)NC2=O)cc(I)c1Oc1ccc([N+](=O)[O-])cc1[N+](=O)[O-]. The first-order valence-electron chi connectivity index (χ1n) is 8.47. The number of ether oxygens (including phenoxy) is 2. The number of halogens is 1. The van der Waals surface area contributed by atoms with E-state index < -0.39 is 39.1 Å². The Morgan fingerprint density at radius 3 is 2.19 bits per heavy atom. The van der Waals surface area contributed by atoms with Gasteiger partial charge in [0.2, 0.25) is 5.75 Å². The summed E-state index contributed by atoms with van der Waals surface area (Å²) in [7, 11) is 1.30. The molecule has 13 nitrogen and oxygen atoms in total. The fourth-order valence-electron chi connectivity index (χ4n) is 2.65. The standard InChI is InChI=1S/C18H11IN4O9/c1-31-14-6-8(4-10-16(24)20-18(26)21-17(10)25)5-11(19)15(14)32-13-3-2-9(22(27)28)7-12(13)23(29)30/h2-7H,1H3,(H2,20,21,24,25,26). The van der Waals surface area contributed by atoms with Crippen LogP contribution in [-0.4, -0.2) is 34.8 Å². The molecule has 0 aliphatic carbocycles. The van der Waals surface area contributed by atoms with Crippen LogP contribution in [0.15, 0.2) is 35.9 Å². The first kappa shape index (κ1) is 22.6.